The SMILES string of the molecule is COC(=O)C1CCCN(CC(=O)Nc2cccc(OC)c2)C1. The van der Waals surface area contributed by atoms with Gasteiger partial charge in [-0.3, -0.25) is 14.5 Å². The van der Waals surface area contributed by atoms with Crippen LogP contribution in [0.1, 0.15) is 12.8 Å². The zero-order valence-electron chi connectivity index (χ0n) is 13.0. The maximum atomic E-state index is 12.1. The zero-order chi connectivity index (χ0) is 15.9. The van der Waals surface area contributed by atoms with Gasteiger partial charge in [0, 0.05) is 18.3 Å². The highest BCUT2D eigenvalue weighted by molar-refractivity contribution is 5.92. The summed E-state index contributed by atoms with van der Waals surface area (Å²) in [6.45, 7) is 1.65. The van der Waals surface area contributed by atoms with Gasteiger partial charge in [-0.25, -0.2) is 0 Å². The monoisotopic (exact) mass is 306 g/mol. The van der Waals surface area contributed by atoms with Crippen molar-refractivity contribution in [2.75, 3.05) is 39.2 Å². The van der Waals surface area contributed by atoms with Crippen LogP contribution in [-0.2, 0) is 14.3 Å². The average Bonchev–Trinajstić information content (AvgIpc) is 2.54. The minimum Gasteiger partial charge on any atom is -0.497 e. The smallest absolute Gasteiger partial charge is 0.309 e. The van der Waals surface area contributed by atoms with E-state index in [0.29, 0.717) is 18.0 Å². The Labute approximate surface area is 130 Å². The summed E-state index contributed by atoms with van der Waals surface area (Å²) in [6.07, 6.45) is 1.72. The molecule has 0 aromatic heterocycles. The molecule has 2 rings (SSSR count). The van der Waals surface area contributed by atoms with Crippen LogP contribution in [0.15, 0.2) is 24.3 Å². The van der Waals surface area contributed by atoms with Crippen LogP contribution >= 0.6 is 0 Å². The van der Waals surface area contributed by atoms with Gasteiger partial charge in [-0.1, -0.05) is 6.07 Å². The highest BCUT2D eigenvalue weighted by atomic mass is 16.5. The summed E-state index contributed by atoms with van der Waals surface area (Å²) in [5, 5.41) is 2.85. The summed E-state index contributed by atoms with van der Waals surface area (Å²) in [7, 11) is 2.98. The maximum absolute atomic E-state index is 12.1. The van der Waals surface area contributed by atoms with Crippen LogP contribution < -0.4 is 10.1 Å². The van der Waals surface area contributed by atoms with Crippen LogP contribution in [0.3, 0.4) is 0 Å². The fourth-order valence-corrected chi connectivity index (χ4v) is 2.66. The first kappa shape index (κ1) is 16.3. The summed E-state index contributed by atoms with van der Waals surface area (Å²) in [4.78, 5) is 25.7. The Morgan fingerprint density at radius 2 is 2.18 bits per heavy atom. The first-order valence-corrected chi connectivity index (χ1v) is 7.36. The molecule has 1 aromatic carbocycles. The Morgan fingerprint density at radius 3 is 2.91 bits per heavy atom. The van der Waals surface area contributed by atoms with E-state index in [1.165, 1.54) is 7.11 Å². The van der Waals surface area contributed by atoms with Crippen molar-refractivity contribution in [3.05, 3.63) is 24.3 Å². The first-order chi connectivity index (χ1) is 10.6. The van der Waals surface area contributed by atoms with Gasteiger partial charge in [0.1, 0.15) is 5.75 Å². The first-order valence-electron chi connectivity index (χ1n) is 7.36. The Bertz CT molecular complexity index is 533. The molecule has 0 bridgehead atoms. The Morgan fingerprint density at radius 1 is 1.36 bits per heavy atom. The number of amides is 1. The number of anilines is 1. The van der Waals surface area contributed by atoms with Crippen molar-refractivity contribution >= 4 is 17.6 Å². The molecule has 1 heterocycles. The molecule has 6 heteroatoms. The van der Waals surface area contributed by atoms with Crippen LogP contribution in [-0.4, -0.2) is 50.6 Å². The lowest BCUT2D eigenvalue weighted by Crippen LogP contribution is -2.42. The standard InChI is InChI=1S/C16H22N2O4/c1-21-14-7-3-6-13(9-14)17-15(19)11-18-8-4-5-12(10-18)16(20)22-2/h3,6-7,9,12H,4-5,8,10-11H2,1-2H3,(H,17,19). The number of nitrogens with zero attached hydrogens (tertiary/aromatic N) is 1. The third-order valence-corrected chi connectivity index (χ3v) is 3.76. The molecule has 1 fully saturated rings. The lowest BCUT2D eigenvalue weighted by Gasteiger charge is -2.30. The van der Waals surface area contributed by atoms with Gasteiger partial charge in [0.05, 0.1) is 26.7 Å². The van der Waals surface area contributed by atoms with E-state index < -0.39 is 0 Å². The molecule has 0 radical (unpaired) electrons. The fourth-order valence-electron chi connectivity index (χ4n) is 2.66. The molecule has 1 unspecified atom stereocenters. The molecule has 6 nitrogen and oxygen atoms in total. The molecule has 1 saturated heterocycles. The predicted octanol–water partition coefficient (Wildman–Crippen LogP) is 1.52. The van der Waals surface area contributed by atoms with Gasteiger partial charge in [-0.2, -0.15) is 0 Å². The van der Waals surface area contributed by atoms with E-state index in [1.807, 2.05) is 23.1 Å². The van der Waals surface area contributed by atoms with E-state index in [9.17, 15) is 9.59 Å². The zero-order valence-corrected chi connectivity index (χ0v) is 13.0. The van der Waals surface area contributed by atoms with Crippen molar-refractivity contribution < 1.29 is 19.1 Å². The van der Waals surface area contributed by atoms with Gasteiger partial charge in [0.2, 0.25) is 5.91 Å². The lowest BCUT2D eigenvalue weighted by molar-refractivity contribution is -0.147. The van der Waals surface area contributed by atoms with E-state index in [0.717, 1.165) is 19.4 Å². The number of benzene rings is 1. The lowest BCUT2D eigenvalue weighted by atomic mass is 9.98. The molecule has 0 saturated carbocycles. The van der Waals surface area contributed by atoms with Crippen LogP contribution in [0, 0.1) is 5.92 Å². The third kappa shape index (κ3) is 4.46. The minimum absolute atomic E-state index is 0.0984. The highest BCUT2D eigenvalue weighted by Crippen LogP contribution is 2.19. The van der Waals surface area contributed by atoms with E-state index >= 15 is 0 Å². The molecule has 1 aliphatic rings. The summed E-state index contributed by atoms with van der Waals surface area (Å²) < 4.78 is 9.91. The molecule has 1 atom stereocenters. The molecule has 22 heavy (non-hydrogen) atoms. The Kier molecular flexibility index (Phi) is 5.77. The molecule has 1 amide bonds. The third-order valence-electron chi connectivity index (χ3n) is 3.76. The minimum atomic E-state index is -0.196. The average molecular weight is 306 g/mol. The number of carbonyl (C=O) groups excluding carboxylic acids is 2. The normalized spacial score (nSPS) is 18.5. The number of rotatable bonds is 5. The van der Waals surface area contributed by atoms with Gasteiger partial charge >= 0.3 is 5.97 Å². The van der Waals surface area contributed by atoms with Gasteiger partial charge in [0.25, 0.3) is 0 Å². The topological polar surface area (TPSA) is 67.9 Å². The molecular weight excluding hydrogens is 284 g/mol. The number of hydrogen-bond acceptors (Lipinski definition) is 5. The molecule has 1 aliphatic heterocycles. The summed E-state index contributed by atoms with van der Waals surface area (Å²) in [5.41, 5.74) is 0.700. The van der Waals surface area contributed by atoms with E-state index in [1.54, 1.807) is 13.2 Å². The number of hydrogen-bond donors (Lipinski definition) is 1. The number of nitrogens with one attached hydrogen (secondary N) is 1. The maximum Gasteiger partial charge on any atom is 0.309 e. The largest absolute Gasteiger partial charge is 0.497 e. The summed E-state index contributed by atoms with van der Waals surface area (Å²) in [5.74, 6) is 0.265. The fraction of sp³-hybridized carbons (Fsp3) is 0.500. The quantitative estimate of drug-likeness (QED) is 0.835. The van der Waals surface area contributed by atoms with Crippen LogP contribution in [0.2, 0.25) is 0 Å². The summed E-state index contributed by atoms with van der Waals surface area (Å²) in [6, 6.07) is 7.23. The van der Waals surface area contributed by atoms with Crippen LogP contribution in [0.4, 0.5) is 5.69 Å². The van der Waals surface area contributed by atoms with Crippen molar-refractivity contribution in [3.8, 4) is 5.75 Å². The second kappa shape index (κ2) is 7.79. The Hall–Kier alpha value is -2.08. The molecule has 0 aliphatic carbocycles. The van der Waals surface area contributed by atoms with Gasteiger partial charge in [-0.15, -0.1) is 0 Å². The molecule has 120 valence electrons. The van der Waals surface area contributed by atoms with Crippen molar-refractivity contribution in [3.63, 3.8) is 0 Å². The molecule has 1 N–H and O–H groups in total. The van der Waals surface area contributed by atoms with Gasteiger partial charge < -0.3 is 14.8 Å². The van der Waals surface area contributed by atoms with Crippen molar-refractivity contribution in [2.24, 2.45) is 5.92 Å². The number of likely N-dealkylation sites (tertiary alicyclic amines) is 1. The second-order valence-electron chi connectivity index (χ2n) is 5.38. The number of carbonyl (C=O) groups is 2. The molecule has 1 aromatic rings. The second-order valence-corrected chi connectivity index (χ2v) is 5.38. The van der Waals surface area contributed by atoms with Crippen LogP contribution in [0.5, 0.6) is 5.75 Å². The van der Waals surface area contributed by atoms with Crippen molar-refractivity contribution in [1.29, 1.82) is 0 Å². The number of methoxy groups -OCH3 is 2. The molecule has 0 spiro atoms. The van der Waals surface area contributed by atoms with E-state index in [4.69, 9.17) is 9.47 Å². The van der Waals surface area contributed by atoms with Gasteiger partial charge in [0.15, 0.2) is 0 Å². The highest BCUT2D eigenvalue weighted by Gasteiger charge is 2.27. The van der Waals surface area contributed by atoms with E-state index in [-0.39, 0.29) is 24.3 Å². The number of esters is 1. The Balaban J connectivity index is 1.87. The van der Waals surface area contributed by atoms with E-state index in [2.05, 4.69) is 5.32 Å². The number of piperidine rings is 1. The summed E-state index contributed by atoms with van der Waals surface area (Å²) >= 11 is 0. The van der Waals surface area contributed by atoms with Crippen molar-refractivity contribution in [2.45, 2.75) is 12.8 Å². The van der Waals surface area contributed by atoms with Crippen molar-refractivity contribution in [1.82, 2.24) is 4.90 Å². The van der Waals surface area contributed by atoms with Gasteiger partial charge in [-0.05, 0) is 31.5 Å². The van der Waals surface area contributed by atoms with Crippen LogP contribution in [0.25, 0.3) is 0 Å². The number of ether oxygens (including phenoxy) is 2. The predicted molar refractivity (Wildman–Crippen MR) is 82.8 cm³/mol. The molecular formula is C16H22N2O4.